The van der Waals surface area contributed by atoms with E-state index in [1.54, 1.807) is 6.21 Å². The van der Waals surface area contributed by atoms with E-state index in [0.717, 1.165) is 35.5 Å². The lowest BCUT2D eigenvalue weighted by atomic mass is 10.0. The van der Waals surface area contributed by atoms with Crippen LogP contribution in [-0.2, 0) is 0 Å². The highest BCUT2D eigenvalue weighted by Crippen LogP contribution is 2.14. The quantitative estimate of drug-likeness (QED) is 0.412. The molecule has 0 aliphatic carbocycles. The molecule has 0 bridgehead atoms. The Morgan fingerprint density at radius 2 is 1.26 bits per heavy atom. The fourth-order valence-electron chi connectivity index (χ4n) is 2.99. The number of anilines is 1. The van der Waals surface area contributed by atoms with Crippen LogP contribution in [0.2, 0.25) is 0 Å². The molecule has 0 fully saturated rings. The average molecular weight is 355 g/mol. The van der Waals surface area contributed by atoms with Crippen LogP contribution < -0.4 is 4.90 Å². The number of nitrogens with zero attached hydrogens (tertiary/aromatic N) is 3. The Morgan fingerprint density at radius 3 is 1.74 bits per heavy atom. The van der Waals surface area contributed by atoms with Crippen molar-refractivity contribution in [1.29, 1.82) is 0 Å². The first-order valence-electron chi connectivity index (χ1n) is 9.38. The van der Waals surface area contributed by atoms with Crippen molar-refractivity contribution in [2.45, 2.75) is 13.8 Å². The van der Waals surface area contributed by atoms with Crippen LogP contribution in [0.4, 0.5) is 5.69 Å². The maximum Gasteiger partial charge on any atom is 0.100 e. The second kappa shape index (κ2) is 9.48. The fraction of sp³-hybridized carbons (Fsp3) is 0.167. The normalized spacial score (nSPS) is 10.7. The molecule has 3 aromatic rings. The van der Waals surface area contributed by atoms with E-state index in [0.29, 0.717) is 0 Å². The van der Waals surface area contributed by atoms with Gasteiger partial charge in [0.1, 0.15) is 5.71 Å². The second-order valence-corrected chi connectivity index (χ2v) is 6.19. The Balaban J connectivity index is 1.84. The van der Waals surface area contributed by atoms with Gasteiger partial charge in [0, 0.05) is 29.9 Å². The lowest BCUT2D eigenvalue weighted by molar-refractivity contribution is 0.866. The van der Waals surface area contributed by atoms with E-state index in [1.807, 2.05) is 36.4 Å². The van der Waals surface area contributed by atoms with Crippen LogP contribution in [0.1, 0.15) is 30.5 Å². The Morgan fingerprint density at radius 1 is 0.741 bits per heavy atom. The smallest absolute Gasteiger partial charge is 0.100 e. The van der Waals surface area contributed by atoms with Crippen molar-refractivity contribution in [3.8, 4) is 0 Å². The lowest BCUT2D eigenvalue weighted by Crippen LogP contribution is -2.21. The molecule has 3 rings (SSSR count). The molecule has 0 atom stereocenters. The average Bonchev–Trinajstić information content (AvgIpc) is 2.74. The molecule has 0 aliphatic heterocycles. The van der Waals surface area contributed by atoms with Gasteiger partial charge in [-0.05, 0) is 31.5 Å². The molecule has 136 valence electrons. The van der Waals surface area contributed by atoms with Crippen LogP contribution in [0.3, 0.4) is 0 Å². The third-order valence-electron chi connectivity index (χ3n) is 4.48. The topological polar surface area (TPSA) is 28.0 Å². The Hall–Kier alpha value is -3.20. The zero-order valence-electron chi connectivity index (χ0n) is 15.9. The van der Waals surface area contributed by atoms with Crippen LogP contribution in [-0.4, -0.2) is 25.0 Å². The minimum Gasteiger partial charge on any atom is -0.372 e. The van der Waals surface area contributed by atoms with Gasteiger partial charge in [0.25, 0.3) is 0 Å². The van der Waals surface area contributed by atoms with Crippen LogP contribution >= 0.6 is 0 Å². The van der Waals surface area contributed by atoms with E-state index in [9.17, 15) is 0 Å². The molecule has 0 aliphatic rings. The molecule has 0 radical (unpaired) electrons. The molecule has 3 nitrogen and oxygen atoms in total. The highest BCUT2D eigenvalue weighted by Gasteiger charge is 2.06. The SMILES string of the molecule is CCN(CC)c1ccc(C=NN=C(c2ccccc2)c2ccccc2)cc1. The zero-order chi connectivity index (χ0) is 18.9. The summed E-state index contributed by atoms with van der Waals surface area (Å²) >= 11 is 0. The fourth-order valence-corrected chi connectivity index (χ4v) is 2.99. The number of hydrogen-bond acceptors (Lipinski definition) is 3. The predicted octanol–water partition coefficient (Wildman–Crippen LogP) is 5.40. The van der Waals surface area contributed by atoms with E-state index < -0.39 is 0 Å². The molecule has 0 saturated carbocycles. The van der Waals surface area contributed by atoms with Crippen molar-refractivity contribution in [2.75, 3.05) is 18.0 Å². The molecule has 0 aromatic heterocycles. The molecule has 27 heavy (non-hydrogen) atoms. The Kier molecular flexibility index (Phi) is 6.53. The van der Waals surface area contributed by atoms with E-state index in [2.05, 4.69) is 77.5 Å². The predicted molar refractivity (Wildman–Crippen MR) is 116 cm³/mol. The summed E-state index contributed by atoms with van der Waals surface area (Å²) in [6.45, 7) is 6.35. The minimum atomic E-state index is 0.868. The largest absolute Gasteiger partial charge is 0.372 e. The van der Waals surface area contributed by atoms with Crippen LogP contribution in [0.15, 0.2) is 95.1 Å². The van der Waals surface area contributed by atoms with E-state index in [1.165, 1.54) is 5.69 Å². The highest BCUT2D eigenvalue weighted by atomic mass is 15.2. The first-order chi connectivity index (χ1) is 13.3. The summed E-state index contributed by atoms with van der Waals surface area (Å²) in [7, 11) is 0. The van der Waals surface area contributed by atoms with Crippen LogP contribution in [0.25, 0.3) is 0 Å². The molecule has 3 aromatic carbocycles. The molecule has 0 heterocycles. The second-order valence-electron chi connectivity index (χ2n) is 6.19. The van der Waals surface area contributed by atoms with Crippen molar-refractivity contribution < 1.29 is 0 Å². The summed E-state index contributed by atoms with van der Waals surface area (Å²) in [5.41, 5.74) is 5.24. The minimum absolute atomic E-state index is 0.868. The molecular formula is C24H25N3. The first kappa shape index (κ1) is 18.6. The summed E-state index contributed by atoms with van der Waals surface area (Å²) in [6, 6.07) is 28.7. The van der Waals surface area contributed by atoms with Crippen molar-refractivity contribution in [3.05, 3.63) is 102 Å². The van der Waals surface area contributed by atoms with Gasteiger partial charge < -0.3 is 4.90 Å². The highest BCUT2D eigenvalue weighted by molar-refractivity contribution is 6.12. The maximum atomic E-state index is 4.53. The van der Waals surface area contributed by atoms with E-state index in [-0.39, 0.29) is 0 Å². The monoisotopic (exact) mass is 355 g/mol. The summed E-state index contributed by atoms with van der Waals surface area (Å²) in [6.07, 6.45) is 1.80. The van der Waals surface area contributed by atoms with Gasteiger partial charge in [-0.15, -0.1) is 5.10 Å². The number of benzene rings is 3. The van der Waals surface area contributed by atoms with Gasteiger partial charge in [-0.25, -0.2) is 0 Å². The standard InChI is InChI=1S/C24H25N3/c1-3-27(4-2)23-17-15-20(16-18-23)19-25-26-24(21-11-7-5-8-12-21)22-13-9-6-10-14-22/h5-19H,3-4H2,1-2H3. The van der Waals surface area contributed by atoms with Crippen molar-refractivity contribution >= 4 is 17.6 Å². The van der Waals surface area contributed by atoms with Gasteiger partial charge in [0.05, 0.1) is 6.21 Å². The third kappa shape index (κ3) is 4.91. The summed E-state index contributed by atoms with van der Waals surface area (Å²) in [5.74, 6) is 0. The lowest BCUT2D eigenvalue weighted by Gasteiger charge is -2.20. The zero-order valence-corrected chi connectivity index (χ0v) is 15.9. The molecule has 0 saturated heterocycles. The summed E-state index contributed by atoms with van der Waals surface area (Å²) in [5, 5.41) is 8.88. The number of hydrogen-bond donors (Lipinski definition) is 0. The Labute approximate surface area is 161 Å². The van der Waals surface area contributed by atoms with Crippen LogP contribution in [0, 0.1) is 0 Å². The molecule has 0 unspecified atom stereocenters. The van der Waals surface area contributed by atoms with E-state index >= 15 is 0 Å². The van der Waals surface area contributed by atoms with Gasteiger partial charge in [-0.2, -0.15) is 5.10 Å². The third-order valence-corrected chi connectivity index (χ3v) is 4.48. The maximum absolute atomic E-state index is 4.53. The van der Waals surface area contributed by atoms with Gasteiger partial charge in [-0.1, -0.05) is 72.8 Å². The molecule has 3 heteroatoms. The van der Waals surface area contributed by atoms with Crippen molar-refractivity contribution in [2.24, 2.45) is 10.2 Å². The van der Waals surface area contributed by atoms with Crippen molar-refractivity contribution in [1.82, 2.24) is 0 Å². The van der Waals surface area contributed by atoms with Gasteiger partial charge in [-0.3, -0.25) is 0 Å². The first-order valence-corrected chi connectivity index (χ1v) is 9.38. The van der Waals surface area contributed by atoms with Gasteiger partial charge in [0.2, 0.25) is 0 Å². The van der Waals surface area contributed by atoms with Gasteiger partial charge >= 0.3 is 0 Å². The summed E-state index contributed by atoms with van der Waals surface area (Å²) in [4.78, 5) is 2.32. The Bertz CT molecular complexity index is 836. The van der Waals surface area contributed by atoms with Crippen LogP contribution in [0.5, 0.6) is 0 Å². The summed E-state index contributed by atoms with van der Waals surface area (Å²) < 4.78 is 0. The van der Waals surface area contributed by atoms with Gasteiger partial charge in [0.15, 0.2) is 0 Å². The molecule has 0 N–H and O–H groups in total. The molecule has 0 spiro atoms. The van der Waals surface area contributed by atoms with Crippen molar-refractivity contribution in [3.63, 3.8) is 0 Å². The molecule has 0 amide bonds. The van der Waals surface area contributed by atoms with E-state index in [4.69, 9.17) is 0 Å². The number of rotatable bonds is 7. The molecular weight excluding hydrogens is 330 g/mol.